The number of hydrogen-bond donors (Lipinski definition) is 0. The predicted octanol–water partition coefficient (Wildman–Crippen LogP) is 3.30. The van der Waals surface area contributed by atoms with Gasteiger partial charge in [0.25, 0.3) is 0 Å². The minimum atomic E-state index is -0.101. The number of rotatable bonds is 3. The summed E-state index contributed by atoms with van der Waals surface area (Å²) in [5, 5.41) is 1.81. The van der Waals surface area contributed by atoms with Crippen LogP contribution in [0.3, 0.4) is 0 Å². The zero-order valence-electron chi connectivity index (χ0n) is 10.5. The highest BCUT2D eigenvalue weighted by Crippen LogP contribution is 2.45. The van der Waals surface area contributed by atoms with Crippen molar-refractivity contribution in [2.75, 3.05) is 12.4 Å². The quantitative estimate of drug-likeness (QED) is 0.798. The van der Waals surface area contributed by atoms with E-state index in [1.54, 1.807) is 0 Å². The summed E-state index contributed by atoms with van der Waals surface area (Å²) in [7, 11) is 0. The molecule has 1 aliphatic carbocycles. The third-order valence-corrected chi connectivity index (χ3v) is 6.29. The number of thiazole rings is 1. The summed E-state index contributed by atoms with van der Waals surface area (Å²) in [6, 6.07) is 0. The van der Waals surface area contributed by atoms with E-state index in [2.05, 4.69) is 0 Å². The molecule has 2 unspecified atom stereocenters. The van der Waals surface area contributed by atoms with Gasteiger partial charge < -0.3 is 4.74 Å². The summed E-state index contributed by atoms with van der Waals surface area (Å²) in [6.07, 6.45) is 4.40. The lowest BCUT2D eigenvalue weighted by Gasteiger charge is -2.08. The van der Waals surface area contributed by atoms with E-state index in [1.807, 2.05) is 30.0 Å². The van der Waals surface area contributed by atoms with Crippen molar-refractivity contribution in [2.24, 2.45) is 0 Å². The van der Waals surface area contributed by atoms with E-state index >= 15 is 0 Å². The highest BCUT2D eigenvalue weighted by Gasteiger charge is 2.35. The third-order valence-electron chi connectivity index (χ3n) is 3.51. The number of thioether (sulfide) groups is 1. The van der Waals surface area contributed by atoms with Crippen molar-refractivity contribution in [3.8, 4) is 0 Å². The average molecular weight is 283 g/mol. The van der Waals surface area contributed by atoms with Gasteiger partial charge in [-0.15, -0.1) is 11.3 Å². The van der Waals surface area contributed by atoms with Crippen LogP contribution in [0.5, 0.6) is 0 Å². The highest BCUT2D eigenvalue weighted by atomic mass is 32.2. The molecule has 2 atom stereocenters. The second-order valence-corrected chi connectivity index (χ2v) is 7.13. The monoisotopic (exact) mass is 283 g/mol. The smallest absolute Gasteiger partial charge is 0.315 e. The fourth-order valence-electron chi connectivity index (χ4n) is 2.63. The first-order valence-electron chi connectivity index (χ1n) is 6.57. The highest BCUT2D eigenvalue weighted by molar-refractivity contribution is 7.99. The van der Waals surface area contributed by atoms with Crippen LogP contribution in [0.25, 0.3) is 0 Å². The Morgan fingerprint density at radius 1 is 1.50 bits per heavy atom. The number of esters is 1. The molecule has 1 saturated heterocycles. The van der Waals surface area contributed by atoms with Gasteiger partial charge in [-0.05, 0) is 38.4 Å². The van der Waals surface area contributed by atoms with Crippen LogP contribution in [0.15, 0.2) is 0 Å². The van der Waals surface area contributed by atoms with Crippen molar-refractivity contribution in [2.45, 2.75) is 43.8 Å². The lowest BCUT2D eigenvalue weighted by molar-refractivity contribution is -0.145. The van der Waals surface area contributed by atoms with Crippen LogP contribution >= 0.6 is 23.1 Å². The Bertz CT molecular complexity index is 452. The SMILES string of the molecule is CCOC(=O)C1CCc2sc(C3CCCS3)nc21. The molecule has 1 aromatic rings. The van der Waals surface area contributed by atoms with Crippen molar-refractivity contribution >= 4 is 29.1 Å². The first kappa shape index (κ1) is 12.5. The first-order valence-corrected chi connectivity index (χ1v) is 8.44. The number of hydrogen-bond acceptors (Lipinski definition) is 5. The summed E-state index contributed by atoms with van der Waals surface area (Å²) in [6.45, 7) is 2.32. The normalized spacial score (nSPS) is 26.3. The van der Waals surface area contributed by atoms with Gasteiger partial charge in [-0.25, -0.2) is 4.98 Å². The van der Waals surface area contributed by atoms with Crippen LogP contribution in [-0.2, 0) is 16.0 Å². The van der Waals surface area contributed by atoms with E-state index in [-0.39, 0.29) is 11.9 Å². The van der Waals surface area contributed by atoms with Crippen LogP contribution in [0.4, 0.5) is 0 Å². The van der Waals surface area contributed by atoms with Crippen molar-refractivity contribution in [3.63, 3.8) is 0 Å². The van der Waals surface area contributed by atoms with Gasteiger partial charge in [-0.2, -0.15) is 11.8 Å². The summed E-state index contributed by atoms with van der Waals surface area (Å²) in [4.78, 5) is 17.9. The van der Waals surface area contributed by atoms with Crippen LogP contribution in [-0.4, -0.2) is 23.3 Å². The lowest BCUT2D eigenvalue weighted by Crippen LogP contribution is -2.14. The Labute approximate surface area is 115 Å². The Hall–Kier alpha value is -0.550. The molecule has 1 aliphatic heterocycles. The molecule has 3 rings (SSSR count). The maximum atomic E-state index is 11.9. The van der Waals surface area contributed by atoms with Crippen molar-refractivity contribution in [1.29, 1.82) is 0 Å². The number of nitrogens with zero attached hydrogens (tertiary/aromatic N) is 1. The molecule has 1 aromatic heterocycles. The Kier molecular flexibility index (Phi) is 3.61. The molecule has 0 spiro atoms. The third kappa shape index (κ3) is 2.18. The molecule has 0 aromatic carbocycles. The number of aromatic nitrogens is 1. The minimum Gasteiger partial charge on any atom is -0.465 e. The molecule has 18 heavy (non-hydrogen) atoms. The molecule has 5 heteroatoms. The number of fused-ring (bicyclic) bond motifs is 1. The van der Waals surface area contributed by atoms with Gasteiger partial charge in [0, 0.05) is 4.88 Å². The van der Waals surface area contributed by atoms with Crippen LogP contribution < -0.4 is 0 Å². The van der Waals surface area contributed by atoms with E-state index in [0.717, 1.165) is 18.5 Å². The van der Waals surface area contributed by atoms with Gasteiger partial charge in [0.1, 0.15) is 10.9 Å². The standard InChI is InChI=1S/C13H17NO2S2/c1-2-16-13(15)8-5-6-9-11(8)14-12(18-9)10-4-3-7-17-10/h8,10H,2-7H2,1H3. The Morgan fingerprint density at radius 3 is 3.11 bits per heavy atom. The largest absolute Gasteiger partial charge is 0.465 e. The molecule has 2 heterocycles. The van der Waals surface area contributed by atoms with E-state index in [1.165, 1.54) is 28.5 Å². The van der Waals surface area contributed by atoms with Crippen molar-refractivity contribution in [3.05, 3.63) is 15.6 Å². The molecule has 3 nitrogen and oxygen atoms in total. The molecule has 0 bridgehead atoms. The number of carbonyl (C=O) groups is 1. The Morgan fingerprint density at radius 2 is 2.39 bits per heavy atom. The maximum absolute atomic E-state index is 11.9. The molecule has 1 fully saturated rings. The number of aryl methyl sites for hydroxylation is 1. The number of ether oxygens (including phenoxy) is 1. The molecule has 98 valence electrons. The van der Waals surface area contributed by atoms with Crippen LogP contribution in [0.1, 0.15) is 52.9 Å². The molecule has 2 aliphatic rings. The van der Waals surface area contributed by atoms with E-state index in [9.17, 15) is 4.79 Å². The molecule has 0 radical (unpaired) electrons. The average Bonchev–Trinajstić information content (AvgIpc) is 3.04. The van der Waals surface area contributed by atoms with Gasteiger partial charge in [-0.1, -0.05) is 0 Å². The lowest BCUT2D eigenvalue weighted by atomic mass is 10.1. The van der Waals surface area contributed by atoms with E-state index in [0.29, 0.717) is 11.9 Å². The van der Waals surface area contributed by atoms with Gasteiger partial charge in [0.05, 0.1) is 17.6 Å². The van der Waals surface area contributed by atoms with Crippen molar-refractivity contribution < 1.29 is 9.53 Å². The zero-order valence-corrected chi connectivity index (χ0v) is 12.1. The number of carbonyl (C=O) groups excluding carboxylic acids is 1. The Balaban J connectivity index is 1.80. The van der Waals surface area contributed by atoms with Crippen molar-refractivity contribution in [1.82, 2.24) is 4.98 Å². The van der Waals surface area contributed by atoms with Gasteiger partial charge in [0.15, 0.2) is 0 Å². The molecule has 0 amide bonds. The van der Waals surface area contributed by atoms with Crippen LogP contribution in [0, 0.1) is 0 Å². The summed E-state index contributed by atoms with van der Waals surface area (Å²) in [5.41, 5.74) is 1.01. The summed E-state index contributed by atoms with van der Waals surface area (Å²) in [5.74, 6) is 1.06. The van der Waals surface area contributed by atoms with Gasteiger partial charge in [-0.3, -0.25) is 4.79 Å². The fourth-order valence-corrected chi connectivity index (χ4v) is 5.28. The molecule has 0 N–H and O–H groups in total. The summed E-state index contributed by atoms with van der Waals surface area (Å²) < 4.78 is 5.14. The predicted molar refractivity (Wildman–Crippen MR) is 74.2 cm³/mol. The van der Waals surface area contributed by atoms with E-state index in [4.69, 9.17) is 9.72 Å². The second kappa shape index (κ2) is 5.21. The maximum Gasteiger partial charge on any atom is 0.315 e. The molecular formula is C13H17NO2S2. The second-order valence-electron chi connectivity index (χ2n) is 4.71. The first-order chi connectivity index (χ1) is 8.79. The van der Waals surface area contributed by atoms with Gasteiger partial charge >= 0.3 is 5.97 Å². The van der Waals surface area contributed by atoms with Gasteiger partial charge in [0.2, 0.25) is 0 Å². The molecule has 0 saturated carbocycles. The fraction of sp³-hybridized carbons (Fsp3) is 0.692. The van der Waals surface area contributed by atoms with Crippen LogP contribution in [0.2, 0.25) is 0 Å². The zero-order chi connectivity index (χ0) is 12.5. The summed E-state index contributed by atoms with van der Waals surface area (Å²) >= 11 is 3.82. The molecular weight excluding hydrogens is 266 g/mol. The topological polar surface area (TPSA) is 39.2 Å². The minimum absolute atomic E-state index is 0.0906. The van der Waals surface area contributed by atoms with E-state index < -0.39 is 0 Å².